The van der Waals surface area contributed by atoms with Gasteiger partial charge in [0.05, 0.1) is 30.4 Å². The summed E-state index contributed by atoms with van der Waals surface area (Å²) in [6.45, 7) is 8.66. The van der Waals surface area contributed by atoms with E-state index in [1.54, 1.807) is 7.11 Å². The molecule has 0 radical (unpaired) electrons. The van der Waals surface area contributed by atoms with Gasteiger partial charge in [0.2, 0.25) is 0 Å². The Morgan fingerprint density at radius 3 is 2.41 bits per heavy atom. The predicted molar refractivity (Wildman–Crippen MR) is 174 cm³/mol. The van der Waals surface area contributed by atoms with Crippen molar-refractivity contribution >= 4 is 22.2 Å². The molecule has 44 heavy (non-hydrogen) atoms. The Kier molecular flexibility index (Phi) is 7.43. The van der Waals surface area contributed by atoms with E-state index in [1.807, 2.05) is 67.3 Å². The van der Waals surface area contributed by atoms with Crippen molar-refractivity contribution in [3.05, 3.63) is 124 Å². The van der Waals surface area contributed by atoms with E-state index in [0.717, 1.165) is 55.9 Å². The van der Waals surface area contributed by atoms with Gasteiger partial charge in [0, 0.05) is 23.1 Å². The SMILES string of the molecule is COc1ccc(OCc2cc(C)cc(C3C(C#N)=C(N)N(c4cccc5ccccc45)C4=C3C(=O)CC(C)(C)C4)c2C)cc1. The number of carbonyl (C=O) groups excluding carboxylic acids is 1. The van der Waals surface area contributed by atoms with E-state index in [-0.39, 0.29) is 11.2 Å². The summed E-state index contributed by atoms with van der Waals surface area (Å²) >= 11 is 0. The van der Waals surface area contributed by atoms with Crippen molar-refractivity contribution in [1.29, 1.82) is 5.26 Å². The van der Waals surface area contributed by atoms with E-state index >= 15 is 0 Å². The molecular weight excluding hydrogens is 546 g/mol. The lowest BCUT2D eigenvalue weighted by Gasteiger charge is -2.44. The summed E-state index contributed by atoms with van der Waals surface area (Å²) in [5, 5.41) is 12.8. The van der Waals surface area contributed by atoms with Gasteiger partial charge in [-0.05, 0) is 78.1 Å². The number of carbonyl (C=O) groups is 1. The van der Waals surface area contributed by atoms with E-state index in [1.165, 1.54) is 0 Å². The monoisotopic (exact) mass is 583 g/mol. The largest absolute Gasteiger partial charge is 0.497 e. The van der Waals surface area contributed by atoms with Gasteiger partial charge in [-0.2, -0.15) is 5.26 Å². The lowest BCUT2D eigenvalue weighted by Crippen LogP contribution is -2.42. The van der Waals surface area contributed by atoms with Gasteiger partial charge in [0.25, 0.3) is 0 Å². The Balaban J connectivity index is 1.51. The van der Waals surface area contributed by atoms with Crippen molar-refractivity contribution in [3.63, 3.8) is 0 Å². The Morgan fingerprint density at radius 1 is 0.977 bits per heavy atom. The minimum atomic E-state index is -0.565. The minimum absolute atomic E-state index is 0.0590. The van der Waals surface area contributed by atoms with Gasteiger partial charge in [0.15, 0.2) is 5.78 Å². The fraction of sp³-hybridized carbons (Fsp3) is 0.263. The molecular formula is C38H37N3O3. The Labute approximate surface area is 259 Å². The summed E-state index contributed by atoms with van der Waals surface area (Å²) in [6, 6.07) is 28.3. The van der Waals surface area contributed by atoms with Crippen molar-refractivity contribution in [2.75, 3.05) is 12.0 Å². The van der Waals surface area contributed by atoms with Crippen molar-refractivity contribution in [1.82, 2.24) is 0 Å². The van der Waals surface area contributed by atoms with Crippen LogP contribution in [-0.4, -0.2) is 12.9 Å². The molecule has 0 fully saturated rings. The summed E-state index contributed by atoms with van der Waals surface area (Å²) in [6.07, 6.45) is 1.06. The zero-order valence-electron chi connectivity index (χ0n) is 25.9. The second-order valence-electron chi connectivity index (χ2n) is 12.6. The fourth-order valence-electron chi connectivity index (χ4n) is 6.74. The van der Waals surface area contributed by atoms with Gasteiger partial charge in [-0.1, -0.05) is 67.9 Å². The van der Waals surface area contributed by atoms with E-state index in [9.17, 15) is 10.1 Å². The maximum Gasteiger partial charge on any atom is 0.162 e. The van der Waals surface area contributed by atoms with E-state index < -0.39 is 5.92 Å². The standard InChI is InChI=1S/C38H37N3O3/c1-23-17-26(22-44-28-15-13-27(43-5)14-16-28)24(2)30(18-23)35-31(21-39)37(40)41(33-19-38(3,4)20-34(42)36(33)35)32-12-8-10-25-9-6-7-11-29(25)32/h6-18,35H,19-20,22,40H2,1-5H3. The molecule has 1 aliphatic heterocycles. The number of aryl methyl sites for hydroxylation is 1. The van der Waals surface area contributed by atoms with Gasteiger partial charge < -0.3 is 15.2 Å². The molecule has 0 saturated carbocycles. The Bertz CT molecular complexity index is 1890. The molecule has 0 spiro atoms. The van der Waals surface area contributed by atoms with E-state index in [0.29, 0.717) is 36.4 Å². The number of fused-ring (bicyclic) bond motifs is 1. The molecule has 0 saturated heterocycles. The molecule has 1 heterocycles. The number of hydrogen-bond donors (Lipinski definition) is 1. The molecule has 2 aliphatic rings. The highest BCUT2D eigenvalue weighted by Gasteiger charge is 2.45. The van der Waals surface area contributed by atoms with Crippen LogP contribution < -0.4 is 20.1 Å². The quantitative estimate of drug-likeness (QED) is 0.248. The number of benzene rings is 4. The number of ether oxygens (including phenoxy) is 2. The van der Waals surface area contributed by atoms with E-state index in [4.69, 9.17) is 15.2 Å². The summed E-state index contributed by atoms with van der Waals surface area (Å²) in [5.41, 5.74) is 13.5. The zero-order valence-corrected chi connectivity index (χ0v) is 25.9. The molecule has 1 aliphatic carbocycles. The highest BCUT2D eigenvalue weighted by molar-refractivity contribution is 6.03. The Hall–Kier alpha value is -5.02. The summed E-state index contributed by atoms with van der Waals surface area (Å²) in [4.78, 5) is 16.2. The van der Waals surface area contributed by atoms with Crippen LogP contribution in [0.2, 0.25) is 0 Å². The molecule has 4 aromatic carbocycles. The number of methoxy groups -OCH3 is 1. The summed E-state index contributed by atoms with van der Waals surface area (Å²) in [5.74, 6) is 1.36. The number of anilines is 1. The normalized spacial score (nSPS) is 17.9. The fourth-order valence-corrected chi connectivity index (χ4v) is 6.74. The molecule has 4 aromatic rings. The van der Waals surface area contributed by atoms with Crippen LogP contribution >= 0.6 is 0 Å². The van der Waals surface area contributed by atoms with Crippen LogP contribution in [0.1, 0.15) is 54.9 Å². The average Bonchev–Trinajstić information content (AvgIpc) is 3.00. The maximum absolute atomic E-state index is 14.2. The number of nitriles is 1. The first-order valence-electron chi connectivity index (χ1n) is 14.9. The molecule has 0 bridgehead atoms. The van der Waals surface area contributed by atoms with Crippen LogP contribution in [-0.2, 0) is 11.4 Å². The predicted octanol–water partition coefficient (Wildman–Crippen LogP) is 7.99. The smallest absolute Gasteiger partial charge is 0.162 e. The lowest BCUT2D eigenvalue weighted by molar-refractivity contribution is -0.118. The van der Waals surface area contributed by atoms with Gasteiger partial charge in [-0.15, -0.1) is 0 Å². The highest BCUT2D eigenvalue weighted by atomic mass is 16.5. The van der Waals surface area contributed by atoms with Crippen LogP contribution in [0.3, 0.4) is 0 Å². The molecule has 1 atom stereocenters. The molecule has 6 heteroatoms. The number of nitrogens with zero attached hydrogens (tertiary/aromatic N) is 2. The third-order valence-corrected chi connectivity index (χ3v) is 8.85. The average molecular weight is 584 g/mol. The Morgan fingerprint density at radius 2 is 1.68 bits per heavy atom. The van der Waals surface area contributed by atoms with Crippen molar-refractivity contribution < 1.29 is 14.3 Å². The summed E-state index contributed by atoms with van der Waals surface area (Å²) in [7, 11) is 1.63. The van der Waals surface area contributed by atoms with Crippen molar-refractivity contribution in [2.24, 2.45) is 11.1 Å². The van der Waals surface area contributed by atoms with Crippen molar-refractivity contribution in [2.45, 2.75) is 53.1 Å². The number of allylic oxidation sites excluding steroid dienone is 3. The number of rotatable bonds is 6. The van der Waals surface area contributed by atoms with Crippen LogP contribution in [0.15, 0.2) is 102 Å². The zero-order chi connectivity index (χ0) is 31.2. The van der Waals surface area contributed by atoms with E-state index in [2.05, 4.69) is 50.2 Å². The molecule has 6 nitrogen and oxygen atoms in total. The van der Waals surface area contributed by atoms with Gasteiger partial charge in [-0.3, -0.25) is 9.69 Å². The highest BCUT2D eigenvalue weighted by Crippen LogP contribution is 2.51. The lowest BCUT2D eigenvalue weighted by atomic mass is 9.67. The molecule has 1 unspecified atom stereocenters. The first-order valence-corrected chi connectivity index (χ1v) is 14.9. The number of hydrogen-bond acceptors (Lipinski definition) is 6. The van der Waals surface area contributed by atoms with Crippen LogP contribution in [0, 0.1) is 30.6 Å². The molecule has 0 amide bonds. The number of ketones is 1. The van der Waals surface area contributed by atoms with Gasteiger partial charge in [-0.25, -0.2) is 0 Å². The second-order valence-corrected chi connectivity index (χ2v) is 12.6. The maximum atomic E-state index is 14.2. The summed E-state index contributed by atoms with van der Waals surface area (Å²) < 4.78 is 11.4. The first-order chi connectivity index (χ1) is 21.1. The minimum Gasteiger partial charge on any atom is -0.497 e. The van der Waals surface area contributed by atoms with Crippen LogP contribution in [0.25, 0.3) is 10.8 Å². The van der Waals surface area contributed by atoms with Crippen molar-refractivity contribution in [3.8, 4) is 17.6 Å². The molecule has 2 N–H and O–H groups in total. The number of nitrogens with two attached hydrogens (primary N) is 1. The number of Topliss-reactive ketones (excluding diaryl/α,β-unsaturated/α-hetero) is 1. The third kappa shape index (κ3) is 5.09. The van der Waals surface area contributed by atoms with Gasteiger partial charge in [0.1, 0.15) is 23.9 Å². The van der Waals surface area contributed by atoms with Crippen LogP contribution in [0.4, 0.5) is 5.69 Å². The molecule has 222 valence electrons. The second kappa shape index (κ2) is 11.2. The topological polar surface area (TPSA) is 88.6 Å². The molecule has 6 rings (SSSR count). The molecule has 0 aromatic heterocycles. The first kappa shape index (κ1) is 29.1. The third-order valence-electron chi connectivity index (χ3n) is 8.85. The van der Waals surface area contributed by atoms with Crippen LogP contribution in [0.5, 0.6) is 11.5 Å². The van der Waals surface area contributed by atoms with Gasteiger partial charge >= 0.3 is 0 Å².